The van der Waals surface area contributed by atoms with Crippen molar-refractivity contribution in [3.63, 3.8) is 0 Å². The van der Waals surface area contributed by atoms with Gasteiger partial charge in [0, 0.05) is 32.1 Å². The molecule has 0 atom stereocenters. The van der Waals surface area contributed by atoms with E-state index in [1.54, 1.807) is 4.90 Å². The summed E-state index contributed by atoms with van der Waals surface area (Å²) in [6.45, 7) is 2.67. The van der Waals surface area contributed by atoms with Crippen molar-refractivity contribution in [2.75, 3.05) is 26.2 Å². The number of benzene rings is 1. The lowest BCUT2D eigenvalue weighted by molar-refractivity contribution is -0.134. The van der Waals surface area contributed by atoms with Crippen LogP contribution in [0, 0.1) is 5.92 Å². The van der Waals surface area contributed by atoms with E-state index in [0.29, 0.717) is 32.8 Å². The van der Waals surface area contributed by atoms with E-state index in [2.05, 4.69) is 5.48 Å². The van der Waals surface area contributed by atoms with Crippen LogP contribution < -0.4 is 5.48 Å². The smallest absolute Gasteiger partial charge is 0.339 e. The first-order chi connectivity index (χ1) is 10.7. The summed E-state index contributed by atoms with van der Waals surface area (Å²) >= 11 is 0. The molecule has 22 heavy (non-hydrogen) atoms. The molecule has 1 N–H and O–H groups in total. The summed E-state index contributed by atoms with van der Waals surface area (Å²) in [6.07, 6.45) is 2.04. The summed E-state index contributed by atoms with van der Waals surface area (Å²) in [5.74, 6) is 0.495. The summed E-state index contributed by atoms with van der Waals surface area (Å²) in [5, 5.41) is 0. The normalized spacial score (nSPS) is 18.2. The van der Waals surface area contributed by atoms with Gasteiger partial charge in [-0.3, -0.25) is 9.63 Å². The fraction of sp³-hybridized carbons (Fsp3) is 0.500. The van der Waals surface area contributed by atoms with E-state index in [4.69, 9.17) is 4.84 Å². The quantitative estimate of drug-likeness (QED) is 0.855. The fourth-order valence-electron chi connectivity index (χ4n) is 2.54. The van der Waals surface area contributed by atoms with Gasteiger partial charge in [-0.1, -0.05) is 30.3 Å². The van der Waals surface area contributed by atoms with Gasteiger partial charge in [-0.25, -0.2) is 10.3 Å². The lowest BCUT2D eigenvalue weighted by Crippen LogP contribution is -2.53. The van der Waals surface area contributed by atoms with Crippen LogP contribution in [-0.2, 0) is 16.2 Å². The first kappa shape index (κ1) is 14.8. The molecule has 3 rings (SSSR count). The van der Waals surface area contributed by atoms with E-state index in [-0.39, 0.29) is 17.9 Å². The second-order valence-electron chi connectivity index (χ2n) is 5.77. The van der Waals surface area contributed by atoms with Gasteiger partial charge in [0.1, 0.15) is 0 Å². The predicted octanol–water partition coefficient (Wildman–Crippen LogP) is 1.38. The predicted molar refractivity (Wildman–Crippen MR) is 80.6 cm³/mol. The lowest BCUT2D eigenvalue weighted by Gasteiger charge is -2.34. The molecule has 2 fully saturated rings. The highest BCUT2D eigenvalue weighted by Gasteiger charge is 2.35. The minimum atomic E-state index is -0.241. The maximum Gasteiger partial charge on any atom is 0.341 e. The Hall–Kier alpha value is -2.08. The highest BCUT2D eigenvalue weighted by atomic mass is 16.7. The minimum absolute atomic E-state index is 0.241. The van der Waals surface area contributed by atoms with Gasteiger partial charge in [0.05, 0.1) is 6.61 Å². The van der Waals surface area contributed by atoms with Gasteiger partial charge < -0.3 is 9.80 Å². The summed E-state index contributed by atoms with van der Waals surface area (Å²) in [4.78, 5) is 32.7. The summed E-state index contributed by atoms with van der Waals surface area (Å²) < 4.78 is 0. The van der Waals surface area contributed by atoms with Gasteiger partial charge in [-0.05, 0) is 18.4 Å². The number of hydroxylamine groups is 1. The van der Waals surface area contributed by atoms with Crippen molar-refractivity contribution in [3.8, 4) is 0 Å². The molecular weight excluding hydrogens is 282 g/mol. The summed E-state index contributed by atoms with van der Waals surface area (Å²) in [5.41, 5.74) is 3.47. The van der Waals surface area contributed by atoms with Crippen LogP contribution in [0.2, 0.25) is 0 Å². The Morgan fingerprint density at radius 1 is 1.05 bits per heavy atom. The van der Waals surface area contributed by atoms with Crippen molar-refractivity contribution in [1.82, 2.24) is 15.3 Å². The molecule has 118 valence electrons. The number of rotatable bonds is 4. The zero-order valence-electron chi connectivity index (χ0n) is 12.5. The average Bonchev–Trinajstić information content (AvgIpc) is 3.40. The van der Waals surface area contributed by atoms with E-state index in [9.17, 15) is 9.59 Å². The highest BCUT2D eigenvalue weighted by Crippen LogP contribution is 2.31. The highest BCUT2D eigenvalue weighted by molar-refractivity contribution is 5.81. The average molecular weight is 303 g/mol. The third-order valence-corrected chi connectivity index (χ3v) is 4.05. The van der Waals surface area contributed by atoms with Crippen molar-refractivity contribution < 1.29 is 14.4 Å². The Kier molecular flexibility index (Phi) is 4.58. The van der Waals surface area contributed by atoms with Crippen molar-refractivity contribution in [3.05, 3.63) is 35.9 Å². The van der Waals surface area contributed by atoms with Gasteiger partial charge >= 0.3 is 6.03 Å². The Morgan fingerprint density at radius 2 is 1.68 bits per heavy atom. The number of urea groups is 1. The number of piperazine rings is 1. The molecule has 0 radical (unpaired) electrons. The summed E-state index contributed by atoms with van der Waals surface area (Å²) in [6, 6.07) is 9.43. The van der Waals surface area contributed by atoms with Crippen molar-refractivity contribution >= 4 is 11.9 Å². The Balaban J connectivity index is 1.37. The molecule has 6 nitrogen and oxygen atoms in total. The monoisotopic (exact) mass is 303 g/mol. The number of nitrogens with zero attached hydrogens (tertiary/aromatic N) is 2. The van der Waals surface area contributed by atoms with E-state index in [1.165, 1.54) is 0 Å². The molecule has 0 bridgehead atoms. The number of hydrogen-bond donors (Lipinski definition) is 1. The molecule has 1 saturated heterocycles. The van der Waals surface area contributed by atoms with E-state index < -0.39 is 0 Å². The van der Waals surface area contributed by atoms with Crippen molar-refractivity contribution in [2.45, 2.75) is 19.4 Å². The molecule has 1 saturated carbocycles. The van der Waals surface area contributed by atoms with Crippen LogP contribution in [-0.4, -0.2) is 47.9 Å². The van der Waals surface area contributed by atoms with Gasteiger partial charge in [0.15, 0.2) is 0 Å². The standard InChI is InChI=1S/C16H21N3O3/c20-15(14-6-7-14)18-8-10-19(11-9-18)16(21)17-22-12-13-4-2-1-3-5-13/h1-5,14H,6-12H2,(H,17,21). The number of nitrogens with one attached hydrogen (secondary N) is 1. The molecule has 6 heteroatoms. The van der Waals surface area contributed by atoms with Crippen LogP contribution in [0.25, 0.3) is 0 Å². The molecule has 1 aliphatic carbocycles. The van der Waals surface area contributed by atoms with E-state index in [0.717, 1.165) is 18.4 Å². The molecule has 1 heterocycles. The van der Waals surface area contributed by atoms with Gasteiger partial charge in [-0.15, -0.1) is 0 Å². The number of hydrogen-bond acceptors (Lipinski definition) is 3. The first-order valence-corrected chi connectivity index (χ1v) is 7.73. The van der Waals surface area contributed by atoms with Crippen LogP contribution in [0.15, 0.2) is 30.3 Å². The molecule has 1 aromatic rings. The molecule has 0 spiro atoms. The van der Waals surface area contributed by atoms with Crippen LogP contribution in [0.4, 0.5) is 4.79 Å². The molecule has 1 aromatic carbocycles. The Morgan fingerprint density at radius 3 is 2.32 bits per heavy atom. The molecule has 0 aromatic heterocycles. The zero-order valence-corrected chi connectivity index (χ0v) is 12.5. The van der Waals surface area contributed by atoms with Crippen LogP contribution in [0.5, 0.6) is 0 Å². The molecule has 0 unspecified atom stereocenters. The second kappa shape index (κ2) is 6.79. The van der Waals surface area contributed by atoms with E-state index in [1.807, 2.05) is 35.2 Å². The minimum Gasteiger partial charge on any atom is -0.339 e. The maximum absolute atomic E-state index is 12.0. The van der Waals surface area contributed by atoms with Gasteiger partial charge in [-0.2, -0.15) is 0 Å². The third-order valence-electron chi connectivity index (χ3n) is 4.05. The van der Waals surface area contributed by atoms with Crippen molar-refractivity contribution in [2.24, 2.45) is 5.92 Å². The lowest BCUT2D eigenvalue weighted by atomic mass is 10.2. The molecular formula is C16H21N3O3. The number of amides is 3. The van der Waals surface area contributed by atoms with Crippen LogP contribution >= 0.6 is 0 Å². The Labute approximate surface area is 130 Å². The summed E-state index contributed by atoms with van der Waals surface area (Å²) in [7, 11) is 0. The van der Waals surface area contributed by atoms with Crippen LogP contribution in [0.1, 0.15) is 18.4 Å². The molecule has 1 aliphatic heterocycles. The molecule has 3 amide bonds. The largest absolute Gasteiger partial charge is 0.341 e. The Bertz CT molecular complexity index is 523. The van der Waals surface area contributed by atoms with Gasteiger partial charge in [0.2, 0.25) is 5.91 Å². The first-order valence-electron chi connectivity index (χ1n) is 7.73. The number of carbonyl (C=O) groups excluding carboxylic acids is 2. The van der Waals surface area contributed by atoms with Gasteiger partial charge in [0.25, 0.3) is 0 Å². The zero-order chi connectivity index (χ0) is 15.4. The SMILES string of the molecule is O=C(NOCc1ccccc1)N1CCN(C(=O)C2CC2)CC1. The molecule has 2 aliphatic rings. The topological polar surface area (TPSA) is 61.9 Å². The van der Waals surface area contributed by atoms with Crippen LogP contribution in [0.3, 0.4) is 0 Å². The fourth-order valence-corrected chi connectivity index (χ4v) is 2.54. The number of carbonyl (C=O) groups is 2. The maximum atomic E-state index is 12.0. The second-order valence-corrected chi connectivity index (χ2v) is 5.77. The van der Waals surface area contributed by atoms with Crippen molar-refractivity contribution in [1.29, 1.82) is 0 Å². The van der Waals surface area contributed by atoms with E-state index >= 15 is 0 Å². The third kappa shape index (κ3) is 3.76.